The maximum absolute atomic E-state index is 9.05. The van der Waals surface area contributed by atoms with E-state index in [1.165, 1.54) is 19.4 Å². The Bertz CT molecular complexity index is 159. The van der Waals surface area contributed by atoms with E-state index in [1.54, 1.807) is 0 Å². The van der Waals surface area contributed by atoms with Crippen LogP contribution in [0.25, 0.3) is 0 Å². The number of aliphatic hydroxyl groups is 1. The maximum atomic E-state index is 9.05. The Kier molecular flexibility index (Phi) is 3.19. The van der Waals surface area contributed by atoms with E-state index in [9.17, 15) is 0 Å². The minimum absolute atomic E-state index is 0.369. The van der Waals surface area contributed by atoms with Gasteiger partial charge < -0.3 is 14.7 Å². The summed E-state index contributed by atoms with van der Waals surface area (Å²) >= 11 is 0. The third-order valence-corrected chi connectivity index (χ3v) is 3.06. The molecule has 0 aromatic rings. The van der Waals surface area contributed by atoms with Crippen molar-refractivity contribution in [2.75, 3.05) is 32.8 Å². The zero-order valence-corrected chi connectivity index (χ0v) is 8.11. The Hall–Kier alpha value is -0.120. The molecule has 2 atom stereocenters. The lowest BCUT2D eigenvalue weighted by atomic mass is 10.0. The molecular weight excluding hydrogens is 166 g/mol. The summed E-state index contributed by atoms with van der Waals surface area (Å²) < 4.78 is 5.21. The lowest BCUT2D eigenvalue weighted by Crippen LogP contribution is -2.29. The first kappa shape index (κ1) is 9.44. The van der Waals surface area contributed by atoms with Gasteiger partial charge in [-0.05, 0) is 38.3 Å². The number of hydrogen-bond donors (Lipinski definition) is 1. The summed E-state index contributed by atoms with van der Waals surface area (Å²) in [7, 11) is 0. The number of likely N-dealkylation sites (tertiary alicyclic amines) is 1. The van der Waals surface area contributed by atoms with Crippen LogP contribution >= 0.6 is 0 Å². The molecule has 2 rings (SSSR count). The standard InChI is InChI=1S/C10H19NO2/c12-7-9-2-1-4-11(5-3-9)6-10-8-13-10/h9-10,12H,1-8H2/t9?,10-/m0/s1. The quantitative estimate of drug-likeness (QED) is 0.650. The Labute approximate surface area is 79.7 Å². The van der Waals surface area contributed by atoms with Gasteiger partial charge in [0.25, 0.3) is 0 Å². The van der Waals surface area contributed by atoms with Gasteiger partial charge in [-0.3, -0.25) is 0 Å². The van der Waals surface area contributed by atoms with E-state index in [1.807, 2.05) is 0 Å². The van der Waals surface area contributed by atoms with Crippen molar-refractivity contribution in [3.63, 3.8) is 0 Å². The van der Waals surface area contributed by atoms with Crippen LogP contribution in [0.15, 0.2) is 0 Å². The summed E-state index contributed by atoms with van der Waals surface area (Å²) in [6.07, 6.45) is 4.10. The molecule has 1 unspecified atom stereocenters. The molecule has 2 heterocycles. The third-order valence-electron chi connectivity index (χ3n) is 3.06. The second-order valence-electron chi connectivity index (χ2n) is 4.24. The zero-order chi connectivity index (χ0) is 9.10. The van der Waals surface area contributed by atoms with Crippen LogP contribution < -0.4 is 0 Å². The first-order chi connectivity index (χ1) is 6.38. The molecule has 0 aromatic heterocycles. The van der Waals surface area contributed by atoms with Crippen molar-refractivity contribution in [2.24, 2.45) is 5.92 Å². The minimum Gasteiger partial charge on any atom is -0.396 e. The van der Waals surface area contributed by atoms with Gasteiger partial charge in [0.05, 0.1) is 12.7 Å². The molecule has 0 spiro atoms. The van der Waals surface area contributed by atoms with Gasteiger partial charge in [0.1, 0.15) is 0 Å². The summed E-state index contributed by atoms with van der Waals surface area (Å²) in [4.78, 5) is 2.48. The average molecular weight is 185 g/mol. The summed E-state index contributed by atoms with van der Waals surface area (Å²) in [6.45, 7) is 4.77. The largest absolute Gasteiger partial charge is 0.396 e. The van der Waals surface area contributed by atoms with E-state index in [4.69, 9.17) is 9.84 Å². The van der Waals surface area contributed by atoms with Gasteiger partial charge >= 0.3 is 0 Å². The molecule has 1 N–H and O–H groups in total. The fourth-order valence-corrected chi connectivity index (χ4v) is 2.05. The molecule has 0 saturated carbocycles. The molecule has 3 nitrogen and oxygen atoms in total. The van der Waals surface area contributed by atoms with Crippen LogP contribution in [-0.4, -0.2) is 49.0 Å². The fourth-order valence-electron chi connectivity index (χ4n) is 2.05. The molecule has 2 aliphatic heterocycles. The van der Waals surface area contributed by atoms with Gasteiger partial charge in [0.15, 0.2) is 0 Å². The molecule has 0 aliphatic carbocycles. The third kappa shape index (κ3) is 2.93. The number of aliphatic hydroxyl groups excluding tert-OH is 1. The van der Waals surface area contributed by atoms with E-state index >= 15 is 0 Å². The number of ether oxygens (including phenoxy) is 1. The smallest absolute Gasteiger partial charge is 0.0936 e. The van der Waals surface area contributed by atoms with Crippen LogP contribution in [-0.2, 0) is 4.74 Å². The number of hydrogen-bond acceptors (Lipinski definition) is 3. The van der Waals surface area contributed by atoms with Gasteiger partial charge in [-0.15, -0.1) is 0 Å². The highest BCUT2D eigenvalue weighted by Gasteiger charge is 2.26. The van der Waals surface area contributed by atoms with E-state index in [-0.39, 0.29) is 0 Å². The average Bonchev–Trinajstić information content (AvgIpc) is 2.93. The monoisotopic (exact) mass is 185 g/mol. The molecule has 0 radical (unpaired) electrons. The molecule has 3 heteroatoms. The van der Waals surface area contributed by atoms with Crippen molar-refractivity contribution < 1.29 is 9.84 Å². The Morgan fingerprint density at radius 1 is 1.31 bits per heavy atom. The van der Waals surface area contributed by atoms with Crippen LogP contribution in [0.5, 0.6) is 0 Å². The Morgan fingerprint density at radius 2 is 2.15 bits per heavy atom. The first-order valence-electron chi connectivity index (χ1n) is 5.33. The fraction of sp³-hybridized carbons (Fsp3) is 1.00. The predicted molar refractivity (Wildman–Crippen MR) is 50.6 cm³/mol. The van der Waals surface area contributed by atoms with Gasteiger partial charge in [-0.2, -0.15) is 0 Å². The van der Waals surface area contributed by atoms with Crippen molar-refractivity contribution in [3.8, 4) is 0 Å². The molecule has 2 fully saturated rings. The first-order valence-corrected chi connectivity index (χ1v) is 5.33. The van der Waals surface area contributed by atoms with Crippen molar-refractivity contribution >= 4 is 0 Å². The lowest BCUT2D eigenvalue weighted by molar-refractivity contribution is 0.205. The van der Waals surface area contributed by atoms with E-state index in [0.717, 1.165) is 26.1 Å². The van der Waals surface area contributed by atoms with Gasteiger partial charge in [-0.1, -0.05) is 0 Å². The molecule has 0 amide bonds. The highest BCUT2D eigenvalue weighted by atomic mass is 16.6. The zero-order valence-electron chi connectivity index (χ0n) is 8.11. The molecule has 2 aliphatic rings. The van der Waals surface area contributed by atoms with Crippen molar-refractivity contribution in [2.45, 2.75) is 25.4 Å². The van der Waals surface area contributed by atoms with Crippen molar-refractivity contribution in [3.05, 3.63) is 0 Å². The van der Waals surface area contributed by atoms with Crippen LogP contribution in [0.4, 0.5) is 0 Å². The highest BCUT2D eigenvalue weighted by molar-refractivity contribution is 4.77. The van der Waals surface area contributed by atoms with Gasteiger partial charge in [0, 0.05) is 13.2 Å². The van der Waals surface area contributed by atoms with E-state index in [0.29, 0.717) is 18.6 Å². The normalized spacial score (nSPS) is 35.8. The van der Waals surface area contributed by atoms with Crippen LogP contribution in [0.3, 0.4) is 0 Å². The lowest BCUT2D eigenvalue weighted by Gasteiger charge is -2.18. The molecular formula is C10H19NO2. The minimum atomic E-state index is 0.369. The molecule has 0 aromatic carbocycles. The molecule has 76 valence electrons. The molecule has 2 saturated heterocycles. The SMILES string of the molecule is OCC1CCCN(C[C@H]2CO2)CC1. The number of epoxide rings is 1. The van der Waals surface area contributed by atoms with Gasteiger partial charge in [0.2, 0.25) is 0 Å². The van der Waals surface area contributed by atoms with Crippen LogP contribution in [0.2, 0.25) is 0 Å². The second kappa shape index (κ2) is 4.40. The van der Waals surface area contributed by atoms with Gasteiger partial charge in [-0.25, -0.2) is 0 Å². The summed E-state index contributed by atoms with van der Waals surface area (Å²) in [5, 5.41) is 9.05. The number of nitrogens with zero attached hydrogens (tertiary/aromatic N) is 1. The van der Waals surface area contributed by atoms with Crippen LogP contribution in [0, 0.1) is 5.92 Å². The number of rotatable bonds is 3. The predicted octanol–water partition coefficient (Wildman–Crippen LogP) is 0.480. The topological polar surface area (TPSA) is 36.0 Å². The van der Waals surface area contributed by atoms with E-state index in [2.05, 4.69) is 4.90 Å². The molecule has 0 bridgehead atoms. The second-order valence-corrected chi connectivity index (χ2v) is 4.24. The summed E-state index contributed by atoms with van der Waals surface area (Å²) in [6, 6.07) is 0. The Morgan fingerprint density at radius 3 is 2.85 bits per heavy atom. The van der Waals surface area contributed by atoms with Crippen LogP contribution in [0.1, 0.15) is 19.3 Å². The summed E-state index contributed by atoms with van der Waals surface area (Å²) in [5.41, 5.74) is 0. The highest BCUT2D eigenvalue weighted by Crippen LogP contribution is 2.19. The summed E-state index contributed by atoms with van der Waals surface area (Å²) in [5.74, 6) is 0.546. The molecule has 13 heavy (non-hydrogen) atoms. The Balaban J connectivity index is 1.72. The van der Waals surface area contributed by atoms with Crippen molar-refractivity contribution in [1.82, 2.24) is 4.90 Å². The maximum Gasteiger partial charge on any atom is 0.0936 e. The van der Waals surface area contributed by atoms with Crippen molar-refractivity contribution in [1.29, 1.82) is 0 Å². The van der Waals surface area contributed by atoms with E-state index < -0.39 is 0 Å².